The van der Waals surface area contributed by atoms with Gasteiger partial charge in [0, 0.05) is 11.8 Å². The van der Waals surface area contributed by atoms with Crippen LogP contribution in [0.1, 0.15) is 25.0 Å². The Morgan fingerprint density at radius 1 is 1.10 bits per heavy atom. The lowest BCUT2D eigenvalue weighted by atomic mass is 10.1. The Kier molecular flexibility index (Phi) is 6.95. The van der Waals surface area contributed by atoms with Gasteiger partial charge in [-0.3, -0.25) is 9.59 Å². The smallest absolute Gasteiger partial charge is 0.271 e. The fraction of sp³-hybridized carbons (Fsp3) is 0.261. The molecule has 2 aromatic carbocycles. The third kappa shape index (κ3) is 5.30. The molecule has 1 aromatic heterocycles. The zero-order chi connectivity index (χ0) is 21.7. The average molecular weight is 424 g/mol. The van der Waals surface area contributed by atoms with E-state index < -0.39 is 5.25 Å². The van der Waals surface area contributed by atoms with Crippen molar-refractivity contribution in [2.24, 2.45) is 0 Å². The Morgan fingerprint density at radius 3 is 2.50 bits per heavy atom. The van der Waals surface area contributed by atoms with Crippen molar-refractivity contribution in [3.8, 4) is 11.4 Å². The van der Waals surface area contributed by atoms with Crippen LogP contribution in [0.5, 0.6) is 5.75 Å². The molecule has 7 heteroatoms. The number of rotatable bonds is 7. The van der Waals surface area contributed by atoms with Crippen LogP contribution in [0.4, 0.5) is 5.69 Å². The second-order valence-electron chi connectivity index (χ2n) is 6.90. The summed E-state index contributed by atoms with van der Waals surface area (Å²) in [5.74, 6) is 0.616. The van der Waals surface area contributed by atoms with Crippen LogP contribution in [0.2, 0.25) is 0 Å². The predicted octanol–water partition coefficient (Wildman–Crippen LogP) is 4.37. The van der Waals surface area contributed by atoms with Crippen LogP contribution in [-0.4, -0.2) is 27.5 Å². The maximum atomic E-state index is 12.6. The van der Waals surface area contributed by atoms with Crippen LogP contribution in [0.25, 0.3) is 5.69 Å². The van der Waals surface area contributed by atoms with Gasteiger partial charge in [0.25, 0.3) is 5.56 Å². The molecule has 0 unspecified atom stereocenters. The molecule has 0 aliphatic carbocycles. The molecule has 1 N–H and O–H groups in total. The number of hydrogen-bond donors (Lipinski definition) is 1. The van der Waals surface area contributed by atoms with Crippen molar-refractivity contribution in [1.82, 2.24) is 9.78 Å². The van der Waals surface area contributed by atoms with Gasteiger partial charge in [0.2, 0.25) is 5.91 Å². The van der Waals surface area contributed by atoms with Crippen molar-refractivity contribution in [3.63, 3.8) is 0 Å². The summed E-state index contributed by atoms with van der Waals surface area (Å²) < 4.78 is 6.78. The lowest BCUT2D eigenvalue weighted by Crippen LogP contribution is -2.24. The first-order chi connectivity index (χ1) is 14.4. The number of amides is 1. The summed E-state index contributed by atoms with van der Waals surface area (Å²) in [5, 5.41) is 7.54. The lowest BCUT2D eigenvalue weighted by molar-refractivity contribution is -0.115. The van der Waals surface area contributed by atoms with Crippen LogP contribution >= 0.6 is 11.8 Å². The van der Waals surface area contributed by atoms with Crippen LogP contribution in [0.3, 0.4) is 0 Å². The van der Waals surface area contributed by atoms with Crippen LogP contribution < -0.4 is 15.6 Å². The SMILES string of the molecule is CCOc1ccc(NC(=O)[C@@H](C)Sc2ccc(=O)n(-c3ccc(C)c(C)c3)n2)cc1. The molecule has 1 atom stereocenters. The molecule has 30 heavy (non-hydrogen) atoms. The van der Waals surface area contributed by atoms with Gasteiger partial charge < -0.3 is 10.1 Å². The summed E-state index contributed by atoms with van der Waals surface area (Å²) in [6.07, 6.45) is 0. The van der Waals surface area contributed by atoms with E-state index in [0.29, 0.717) is 23.0 Å². The largest absolute Gasteiger partial charge is 0.494 e. The van der Waals surface area contributed by atoms with E-state index in [4.69, 9.17) is 4.74 Å². The average Bonchev–Trinajstić information content (AvgIpc) is 2.73. The van der Waals surface area contributed by atoms with Crippen molar-refractivity contribution in [2.45, 2.75) is 38.0 Å². The molecule has 0 aliphatic rings. The third-order valence-corrected chi connectivity index (χ3v) is 5.64. The van der Waals surface area contributed by atoms with Gasteiger partial charge in [0.1, 0.15) is 10.8 Å². The van der Waals surface area contributed by atoms with Crippen molar-refractivity contribution in [1.29, 1.82) is 0 Å². The second kappa shape index (κ2) is 9.63. The molecule has 156 valence electrons. The highest BCUT2D eigenvalue weighted by atomic mass is 32.2. The number of thioether (sulfide) groups is 1. The van der Waals surface area contributed by atoms with E-state index >= 15 is 0 Å². The van der Waals surface area contributed by atoms with E-state index in [1.54, 1.807) is 18.2 Å². The summed E-state index contributed by atoms with van der Waals surface area (Å²) in [5.41, 5.74) is 3.43. The van der Waals surface area contributed by atoms with Crippen molar-refractivity contribution in [2.75, 3.05) is 11.9 Å². The van der Waals surface area contributed by atoms with Crippen molar-refractivity contribution < 1.29 is 9.53 Å². The topological polar surface area (TPSA) is 73.2 Å². The number of hydrogen-bond acceptors (Lipinski definition) is 5. The maximum absolute atomic E-state index is 12.6. The first-order valence-corrected chi connectivity index (χ1v) is 10.6. The van der Waals surface area contributed by atoms with Gasteiger partial charge in [0.15, 0.2) is 0 Å². The van der Waals surface area contributed by atoms with Crippen LogP contribution in [0, 0.1) is 13.8 Å². The zero-order valence-electron chi connectivity index (χ0n) is 17.5. The number of aromatic nitrogens is 2. The van der Waals surface area contributed by atoms with Crippen LogP contribution in [0.15, 0.2) is 64.4 Å². The first kappa shape index (κ1) is 21.6. The highest BCUT2D eigenvalue weighted by Gasteiger charge is 2.16. The minimum absolute atomic E-state index is 0.144. The highest BCUT2D eigenvalue weighted by molar-refractivity contribution is 8.00. The number of benzene rings is 2. The lowest BCUT2D eigenvalue weighted by Gasteiger charge is -2.13. The quantitative estimate of drug-likeness (QED) is 0.572. The van der Waals surface area contributed by atoms with E-state index in [1.807, 2.05) is 58.0 Å². The van der Waals surface area contributed by atoms with Gasteiger partial charge in [-0.1, -0.05) is 17.8 Å². The molecule has 0 bridgehead atoms. The standard InChI is InChI=1S/C23H25N3O3S/c1-5-29-20-10-7-18(8-11-20)24-23(28)17(4)30-21-12-13-22(27)26(25-21)19-9-6-15(2)16(3)14-19/h6-14,17H,5H2,1-4H3,(H,24,28)/t17-/m1/s1. The Bertz CT molecular complexity index is 1090. The summed E-state index contributed by atoms with van der Waals surface area (Å²) in [6.45, 7) is 8.34. The molecule has 0 fully saturated rings. The van der Waals surface area contributed by atoms with Crippen molar-refractivity contribution in [3.05, 3.63) is 76.1 Å². The van der Waals surface area contributed by atoms with Gasteiger partial charge in [-0.25, -0.2) is 0 Å². The molecule has 0 radical (unpaired) electrons. The second-order valence-corrected chi connectivity index (χ2v) is 8.26. The first-order valence-electron chi connectivity index (χ1n) is 9.75. The molecular formula is C23H25N3O3S. The van der Waals surface area contributed by atoms with Gasteiger partial charge in [0.05, 0.1) is 17.5 Å². The molecule has 0 spiro atoms. The van der Waals surface area contributed by atoms with Gasteiger partial charge in [-0.15, -0.1) is 0 Å². The summed E-state index contributed by atoms with van der Waals surface area (Å²) in [7, 11) is 0. The third-order valence-electron chi connectivity index (χ3n) is 4.61. The molecule has 0 saturated carbocycles. The molecule has 1 heterocycles. The Morgan fingerprint density at radius 2 is 1.83 bits per heavy atom. The fourth-order valence-corrected chi connectivity index (χ4v) is 3.58. The summed E-state index contributed by atoms with van der Waals surface area (Å²) in [6, 6.07) is 16.1. The van der Waals surface area contributed by atoms with Crippen LogP contribution in [-0.2, 0) is 4.79 Å². The molecule has 0 saturated heterocycles. The normalized spacial score (nSPS) is 11.7. The number of carbonyl (C=O) groups is 1. The minimum Gasteiger partial charge on any atom is -0.494 e. The number of nitrogens with zero attached hydrogens (tertiary/aromatic N) is 2. The predicted molar refractivity (Wildman–Crippen MR) is 121 cm³/mol. The van der Waals surface area contributed by atoms with Gasteiger partial charge in [-0.05, 0) is 81.3 Å². The minimum atomic E-state index is -0.394. The number of aryl methyl sites for hydroxylation is 2. The molecule has 3 rings (SSSR count). The van der Waals surface area contributed by atoms with E-state index in [2.05, 4.69) is 10.4 Å². The Balaban J connectivity index is 1.71. The highest BCUT2D eigenvalue weighted by Crippen LogP contribution is 2.23. The Hall–Kier alpha value is -3.06. The van der Waals surface area contributed by atoms with Crippen molar-refractivity contribution >= 4 is 23.4 Å². The molecule has 1 amide bonds. The number of nitrogens with one attached hydrogen (secondary N) is 1. The van der Waals surface area contributed by atoms with E-state index in [0.717, 1.165) is 16.9 Å². The number of ether oxygens (including phenoxy) is 1. The number of carbonyl (C=O) groups excluding carboxylic acids is 1. The van der Waals surface area contributed by atoms with E-state index in [1.165, 1.54) is 22.5 Å². The molecule has 0 aliphatic heterocycles. The monoisotopic (exact) mass is 423 g/mol. The van der Waals surface area contributed by atoms with E-state index in [9.17, 15) is 9.59 Å². The Labute approximate surface area is 180 Å². The summed E-state index contributed by atoms with van der Waals surface area (Å²) in [4.78, 5) is 24.9. The van der Waals surface area contributed by atoms with Gasteiger partial charge in [-0.2, -0.15) is 9.78 Å². The maximum Gasteiger partial charge on any atom is 0.271 e. The zero-order valence-corrected chi connectivity index (χ0v) is 18.3. The molecule has 6 nitrogen and oxygen atoms in total. The number of anilines is 1. The fourth-order valence-electron chi connectivity index (χ4n) is 2.78. The molecule has 3 aromatic rings. The molecular weight excluding hydrogens is 398 g/mol. The summed E-state index contributed by atoms with van der Waals surface area (Å²) >= 11 is 1.30. The van der Waals surface area contributed by atoms with E-state index in [-0.39, 0.29) is 11.5 Å². The van der Waals surface area contributed by atoms with Gasteiger partial charge >= 0.3 is 0 Å².